The number of hydrogen-bond acceptors (Lipinski definition) is 6. The lowest BCUT2D eigenvalue weighted by Crippen LogP contribution is -2.34. The van der Waals surface area contributed by atoms with E-state index in [9.17, 15) is 13.6 Å². The van der Waals surface area contributed by atoms with Crippen molar-refractivity contribution in [3.05, 3.63) is 70.4 Å². The van der Waals surface area contributed by atoms with Crippen LogP contribution in [-0.2, 0) is 6.61 Å². The second-order valence-corrected chi connectivity index (χ2v) is 8.67. The first-order valence-electron chi connectivity index (χ1n) is 10.7. The van der Waals surface area contributed by atoms with Crippen LogP contribution in [0.1, 0.15) is 22.3 Å². The molecule has 3 aromatic rings. The number of amides is 1. The van der Waals surface area contributed by atoms with Crippen molar-refractivity contribution in [2.24, 2.45) is 0 Å². The standard InChI is InChI=1S/C24H24ClF2N5O2/c1-31(2)16-9-10-32(12-16)24(33)15-5-3-14(4-6-15)20-11-29-22(28)23(30-20)34-13-17-18(26)7-8-19(27)21(17)25/h3-8,11,16H,9-10,12-13H2,1-2H3,(H2,28,29). The van der Waals surface area contributed by atoms with Crippen LogP contribution in [0.4, 0.5) is 14.6 Å². The molecular weight excluding hydrogens is 464 g/mol. The van der Waals surface area contributed by atoms with Crippen LogP contribution in [0.5, 0.6) is 5.88 Å². The number of benzene rings is 2. The molecule has 1 saturated heterocycles. The minimum Gasteiger partial charge on any atom is -0.470 e. The summed E-state index contributed by atoms with van der Waals surface area (Å²) in [5.41, 5.74) is 7.43. The van der Waals surface area contributed by atoms with Gasteiger partial charge in [-0.1, -0.05) is 23.7 Å². The van der Waals surface area contributed by atoms with E-state index in [4.69, 9.17) is 22.1 Å². The molecule has 7 nitrogen and oxygen atoms in total. The van der Waals surface area contributed by atoms with E-state index >= 15 is 0 Å². The van der Waals surface area contributed by atoms with Crippen LogP contribution in [0, 0.1) is 11.6 Å². The molecular formula is C24H24ClF2N5O2. The minimum atomic E-state index is -0.754. The fraction of sp³-hybridized carbons (Fsp3) is 0.292. The highest BCUT2D eigenvalue weighted by atomic mass is 35.5. The Kier molecular flexibility index (Phi) is 6.95. The van der Waals surface area contributed by atoms with Crippen molar-refractivity contribution in [2.45, 2.75) is 19.1 Å². The zero-order chi connectivity index (χ0) is 24.4. The van der Waals surface area contributed by atoms with Gasteiger partial charge >= 0.3 is 0 Å². The molecule has 0 radical (unpaired) electrons. The fourth-order valence-corrected chi connectivity index (χ4v) is 3.99. The third-order valence-corrected chi connectivity index (χ3v) is 6.28. The van der Waals surface area contributed by atoms with E-state index < -0.39 is 11.6 Å². The molecule has 10 heteroatoms. The number of nitrogen functional groups attached to an aromatic ring is 1. The lowest BCUT2D eigenvalue weighted by molar-refractivity contribution is 0.0783. The summed E-state index contributed by atoms with van der Waals surface area (Å²) >= 11 is 5.85. The van der Waals surface area contributed by atoms with Gasteiger partial charge in [0.15, 0.2) is 5.82 Å². The number of likely N-dealkylation sites (tertiary alicyclic amines) is 1. The first-order chi connectivity index (χ1) is 16.2. The van der Waals surface area contributed by atoms with Crippen LogP contribution < -0.4 is 10.5 Å². The maximum atomic E-state index is 14.0. The van der Waals surface area contributed by atoms with Crippen molar-refractivity contribution in [3.8, 4) is 17.1 Å². The van der Waals surface area contributed by atoms with E-state index in [-0.39, 0.29) is 34.8 Å². The lowest BCUT2D eigenvalue weighted by Gasteiger charge is -2.20. The van der Waals surface area contributed by atoms with Gasteiger partial charge in [-0.15, -0.1) is 0 Å². The van der Waals surface area contributed by atoms with E-state index in [1.807, 2.05) is 19.0 Å². The van der Waals surface area contributed by atoms with Crippen molar-refractivity contribution < 1.29 is 18.3 Å². The van der Waals surface area contributed by atoms with E-state index in [2.05, 4.69) is 14.9 Å². The fourth-order valence-electron chi connectivity index (χ4n) is 3.78. The molecule has 2 N–H and O–H groups in total. The third-order valence-electron chi connectivity index (χ3n) is 5.87. The Bertz CT molecular complexity index is 1210. The van der Waals surface area contributed by atoms with Gasteiger partial charge in [-0.3, -0.25) is 4.79 Å². The summed E-state index contributed by atoms with van der Waals surface area (Å²) in [4.78, 5) is 25.3. The molecule has 0 saturated carbocycles. The van der Waals surface area contributed by atoms with Crippen LogP contribution in [0.2, 0.25) is 5.02 Å². The number of nitrogens with zero attached hydrogens (tertiary/aromatic N) is 4. The number of rotatable bonds is 6. The second kappa shape index (κ2) is 9.90. The van der Waals surface area contributed by atoms with Crippen molar-refractivity contribution in [3.63, 3.8) is 0 Å². The van der Waals surface area contributed by atoms with Gasteiger partial charge in [0.25, 0.3) is 11.8 Å². The maximum Gasteiger partial charge on any atom is 0.258 e. The Hall–Kier alpha value is -3.30. The molecule has 0 bridgehead atoms. The van der Waals surface area contributed by atoms with Crippen molar-refractivity contribution >= 4 is 23.3 Å². The number of anilines is 1. The number of nitrogens with two attached hydrogens (primary N) is 1. The van der Waals surface area contributed by atoms with Crippen LogP contribution in [-0.4, -0.2) is 58.9 Å². The molecule has 1 aliphatic heterocycles. The van der Waals surface area contributed by atoms with Gasteiger partial charge < -0.3 is 20.3 Å². The molecule has 1 aromatic heterocycles. The second-order valence-electron chi connectivity index (χ2n) is 8.29. The van der Waals surface area contributed by atoms with E-state index in [0.29, 0.717) is 29.4 Å². The largest absolute Gasteiger partial charge is 0.470 e. The Morgan fingerprint density at radius 2 is 1.91 bits per heavy atom. The summed E-state index contributed by atoms with van der Waals surface area (Å²) in [6.45, 7) is 1.05. The Labute approximate surface area is 201 Å². The Morgan fingerprint density at radius 3 is 2.59 bits per heavy atom. The number of ether oxygens (including phenoxy) is 1. The zero-order valence-electron chi connectivity index (χ0n) is 18.8. The maximum absolute atomic E-state index is 14.0. The molecule has 34 heavy (non-hydrogen) atoms. The molecule has 0 aliphatic carbocycles. The summed E-state index contributed by atoms with van der Waals surface area (Å²) in [6.07, 6.45) is 2.42. The molecule has 2 heterocycles. The predicted octanol–water partition coefficient (Wildman–Crippen LogP) is 4.01. The summed E-state index contributed by atoms with van der Waals surface area (Å²) < 4.78 is 33.2. The lowest BCUT2D eigenvalue weighted by atomic mass is 10.1. The number of aromatic nitrogens is 2. The molecule has 4 rings (SSSR count). The molecule has 0 spiro atoms. The average molecular weight is 488 g/mol. The van der Waals surface area contributed by atoms with Gasteiger partial charge in [0, 0.05) is 35.8 Å². The summed E-state index contributed by atoms with van der Waals surface area (Å²) in [6, 6.07) is 9.27. The number of hydrogen-bond donors (Lipinski definition) is 1. The van der Waals surface area contributed by atoms with Gasteiger partial charge in [-0.25, -0.2) is 18.7 Å². The van der Waals surface area contributed by atoms with Crippen LogP contribution >= 0.6 is 11.6 Å². The van der Waals surface area contributed by atoms with Crippen molar-refractivity contribution in [1.82, 2.24) is 19.8 Å². The molecule has 1 atom stereocenters. The quantitative estimate of drug-likeness (QED) is 0.529. The first-order valence-corrected chi connectivity index (χ1v) is 11.1. The number of likely N-dealkylation sites (N-methyl/N-ethyl adjacent to an activating group) is 1. The van der Waals surface area contributed by atoms with Crippen LogP contribution in [0.3, 0.4) is 0 Å². The summed E-state index contributed by atoms with van der Waals surface area (Å²) in [7, 11) is 4.03. The zero-order valence-corrected chi connectivity index (χ0v) is 19.5. The van der Waals surface area contributed by atoms with Gasteiger partial charge in [-0.05, 0) is 44.8 Å². The highest BCUT2D eigenvalue weighted by molar-refractivity contribution is 6.31. The third kappa shape index (κ3) is 4.95. The summed E-state index contributed by atoms with van der Waals surface area (Å²) in [5, 5.41) is -0.363. The molecule has 1 aliphatic rings. The highest BCUT2D eigenvalue weighted by Crippen LogP contribution is 2.27. The molecule has 1 fully saturated rings. The van der Waals surface area contributed by atoms with Crippen LogP contribution in [0.25, 0.3) is 11.3 Å². The van der Waals surface area contributed by atoms with Gasteiger partial charge in [-0.2, -0.15) is 0 Å². The molecule has 2 aromatic carbocycles. The van der Waals surface area contributed by atoms with Gasteiger partial charge in [0.2, 0.25) is 0 Å². The topological polar surface area (TPSA) is 84.6 Å². The average Bonchev–Trinajstić information content (AvgIpc) is 3.33. The van der Waals surface area contributed by atoms with Gasteiger partial charge in [0.1, 0.15) is 18.2 Å². The van der Waals surface area contributed by atoms with E-state index in [0.717, 1.165) is 25.1 Å². The monoisotopic (exact) mass is 487 g/mol. The molecule has 178 valence electrons. The minimum absolute atomic E-state index is 0.00652. The number of halogens is 3. The highest BCUT2D eigenvalue weighted by Gasteiger charge is 2.28. The van der Waals surface area contributed by atoms with E-state index in [1.165, 1.54) is 6.20 Å². The SMILES string of the molecule is CN(C)C1CCN(C(=O)c2ccc(-c3cnc(N)c(OCc4c(F)ccc(F)c4Cl)n3)cc2)C1. The smallest absolute Gasteiger partial charge is 0.258 e. The molecule has 1 unspecified atom stereocenters. The Balaban J connectivity index is 1.48. The Morgan fingerprint density at radius 1 is 1.21 bits per heavy atom. The van der Waals surface area contributed by atoms with Crippen molar-refractivity contribution in [2.75, 3.05) is 32.9 Å². The van der Waals surface area contributed by atoms with Gasteiger partial charge in [0.05, 0.1) is 16.9 Å². The molecule has 1 amide bonds. The van der Waals surface area contributed by atoms with Crippen LogP contribution in [0.15, 0.2) is 42.6 Å². The number of carbonyl (C=O) groups excluding carboxylic acids is 1. The summed E-state index contributed by atoms with van der Waals surface area (Å²) in [5.74, 6) is -1.52. The number of carbonyl (C=O) groups is 1. The first kappa shape index (κ1) is 23.8. The predicted molar refractivity (Wildman–Crippen MR) is 126 cm³/mol. The normalized spacial score (nSPS) is 15.7. The van der Waals surface area contributed by atoms with Crippen molar-refractivity contribution in [1.29, 1.82) is 0 Å². The van der Waals surface area contributed by atoms with E-state index in [1.54, 1.807) is 24.3 Å².